The minimum atomic E-state index is -0.770. The van der Waals surface area contributed by atoms with Crippen molar-refractivity contribution in [3.8, 4) is 0 Å². The van der Waals surface area contributed by atoms with Crippen LogP contribution < -0.4 is 0 Å². The van der Waals surface area contributed by atoms with Gasteiger partial charge in [0.2, 0.25) is 0 Å². The molecule has 0 aliphatic carbocycles. The number of carbonyl (C=O) groups is 1. The molecule has 4 atom stereocenters. The van der Waals surface area contributed by atoms with Crippen molar-refractivity contribution in [1.82, 2.24) is 0 Å². The maximum absolute atomic E-state index is 12.4. The van der Waals surface area contributed by atoms with Gasteiger partial charge in [0.25, 0.3) is 0 Å². The Morgan fingerprint density at radius 1 is 1.19 bits per heavy atom. The molecule has 5 nitrogen and oxygen atoms in total. The SMILES string of the molecule is CCC(=O)[C@H]1O[C@@H]2OC(C)(C)O[C@@H]2[C@H]1OCc1c(Cl)ccc2ccccc12. The van der Waals surface area contributed by atoms with Crippen LogP contribution in [0.1, 0.15) is 32.8 Å². The number of carbonyl (C=O) groups excluding carboxylic acids is 1. The molecule has 0 radical (unpaired) electrons. The van der Waals surface area contributed by atoms with Crippen molar-refractivity contribution in [3.05, 3.63) is 47.0 Å². The Balaban J connectivity index is 1.60. The van der Waals surface area contributed by atoms with Crippen LogP contribution in [0.15, 0.2) is 36.4 Å². The van der Waals surface area contributed by atoms with Gasteiger partial charge < -0.3 is 18.9 Å². The highest BCUT2D eigenvalue weighted by atomic mass is 35.5. The average Bonchev–Trinajstić information content (AvgIpc) is 3.12. The first-order valence-electron chi connectivity index (χ1n) is 9.21. The lowest BCUT2D eigenvalue weighted by molar-refractivity contribution is -0.218. The zero-order chi connectivity index (χ0) is 19.2. The Morgan fingerprint density at radius 3 is 2.74 bits per heavy atom. The molecular formula is C21H23ClO5. The van der Waals surface area contributed by atoms with E-state index in [1.54, 1.807) is 0 Å². The summed E-state index contributed by atoms with van der Waals surface area (Å²) in [5, 5.41) is 2.75. The predicted octanol–water partition coefficient (Wildman–Crippen LogP) is 4.23. The number of fused-ring (bicyclic) bond motifs is 2. The molecule has 4 rings (SSSR count). The molecular weight excluding hydrogens is 368 g/mol. The molecule has 2 saturated heterocycles. The first-order valence-corrected chi connectivity index (χ1v) is 9.59. The zero-order valence-corrected chi connectivity index (χ0v) is 16.4. The average molecular weight is 391 g/mol. The Kier molecular flexibility index (Phi) is 4.99. The van der Waals surface area contributed by atoms with Gasteiger partial charge in [-0.3, -0.25) is 4.79 Å². The van der Waals surface area contributed by atoms with E-state index >= 15 is 0 Å². The van der Waals surface area contributed by atoms with Crippen molar-refractivity contribution in [1.29, 1.82) is 0 Å². The molecule has 144 valence electrons. The van der Waals surface area contributed by atoms with Gasteiger partial charge >= 0.3 is 0 Å². The molecule has 6 heteroatoms. The van der Waals surface area contributed by atoms with E-state index < -0.39 is 30.4 Å². The standard InChI is InChI=1S/C21H23ClO5/c1-4-16(23)17-18(19-20(25-17)27-21(2,3)26-19)24-11-14-13-8-6-5-7-12(13)9-10-15(14)22/h5-10,17-20H,4,11H2,1-3H3/t17-,18+,19-,20-/m1/s1. The van der Waals surface area contributed by atoms with E-state index in [0.29, 0.717) is 11.4 Å². The highest BCUT2D eigenvalue weighted by molar-refractivity contribution is 6.32. The number of benzene rings is 2. The van der Waals surface area contributed by atoms with Gasteiger partial charge in [0.1, 0.15) is 18.3 Å². The van der Waals surface area contributed by atoms with E-state index in [1.165, 1.54) is 0 Å². The lowest BCUT2D eigenvalue weighted by atomic mass is 10.0. The van der Waals surface area contributed by atoms with Crippen molar-refractivity contribution < 1.29 is 23.7 Å². The fourth-order valence-electron chi connectivity index (χ4n) is 3.76. The van der Waals surface area contributed by atoms with E-state index in [0.717, 1.165) is 16.3 Å². The van der Waals surface area contributed by atoms with E-state index in [9.17, 15) is 4.79 Å². The molecule has 0 spiro atoms. The lowest BCUT2D eigenvalue weighted by Gasteiger charge is -2.25. The van der Waals surface area contributed by atoms with Crippen LogP contribution in [0.4, 0.5) is 0 Å². The number of ketones is 1. The molecule has 0 unspecified atom stereocenters. The summed E-state index contributed by atoms with van der Waals surface area (Å²) in [6, 6.07) is 11.8. The Bertz CT molecular complexity index is 865. The smallest absolute Gasteiger partial charge is 0.190 e. The van der Waals surface area contributed by atoms with Crippen molar-refractivity contribution >= 4 is 28.2 Å². The van der Waals surface area contributed by atoms with Gasteiger partial charge in [-0.15, -0.1) is 0 Å². The van der Waals surface area contributed by atoms with E-state index in [4.69, 9.17) is 30.5 Å². The first-order chi connectivity index (χ1) is 12.9. The summed E-state index contributed by atoms with van der Waals surface area (Å²) in [7, 11) is 0. The van der Waals surface area contributed by atoms with Crippen LogP contribution in [0, 0.1) is 0 Å². The fourth-order valence-corrected chi connectivity index (χ4v) is 3.98. The Morgan fingerprint density at radius 2 is 1.96 bits per heavy atom. The maximum Gasteiger partial charge on any atom is 0.190 e. The molecule has 0 amide bonds. The number of ether oxygens (including phenoxy) is 4. The monoisotopic (exact) mass is 390 g/mol. The van der Waals surface area contributed by atoms with Crippen LogP contribution in [0.25, 0.3) is 10.8 Å². The van der Waals surface area contributed by atoms with Crippen molar-refractivity contribution in [2.24, 2.45) is 0 Å². The highest BCUT2D eigenvalue weighted by Gasteiger charge is 2.57. The first kappa shape index (κ1) is 18.8. The van der Waals surface area contributed by atoms with Crippen LogP contribution in [0.5, 0.6) is 0 Å². The molecule has 0 saturated carbocycles. The second-order valence-corrected chi connectivity index (χ2v) is 7.77. The molecule has 2 aliphatic heterocycles. The number of Topliss-reactive ketones (excluding diaryl/α,β-unsaturated/α-hetero) is 1. The number of hydrogen-bond donors (Lipinski definition) is 0. The van der Waals surface area contributed by atoms with Crippen LogP contribution in [-0.4, -0.2) is 36.2 Å². The van der Waals surface area contributed by atoms with E-state index in [1.807, 2.05) is 57.2 Å². The van der Waals surface area contributed by atoms with Gasteiger partial charge in [-0.2, -0.15) is 0 Å². The summed E-state index contributed by atoms with van der Waals surface area (Å²) < 4.78 is 23.8. The summed E-state index contributed by atoms with van der Waals surface area (Å²) in [4.78, 5) is 12.4. The zero-order valence-electron chi connectivity index (χ0n) is 15.6. The predicted molar refractivity (Wildman–Crippen MR) is 102 cm³/mol. The molecule has 0 bridgehead atoms. The van der Waals surface area contributed by atoms with E-state index in [-0.39, 0.29) is 12.4 Å². The van der Waals surface area contributed by atoms with Crippen molar-refractivity contribution in [2.45, 2.75) is 64.2 Å². The second-order valence-electron chi connectivity index (χ2n) is 7.37. The van der Waals surface area contributed by atoms with Crippen LogP contribution in [-0.2, 0) is 30.3 Å². The summed E-state index contributed by atoms with van der Waals surface area (Å²) in [6.07, 6.45) is -1.93. The van der Waals surface area contributed by atoms with Gasteiger partial charge in [-0.25, -0.2) is 0 Å². The molecule has 2 aliphatic rings. The number of rotatable bonds is 5. The van der Waals surface area contributed by atoms with Crippen LogP contribution in [0.3, 0.4) is 0 Å². The number of halogens is 1. The molecule has 27 heavy (non-hydrogen) atoms. The molecule has 2 fully saturated rings. The number of hydrogen-bond acceptors (Lipinski definition) is 5. The van der Waals surface area contributed by atoms with Crippen LogP contribution >= 0.6 is 11.6 Å². The molecule has 2 aromatic rings. The van der Waals surface area contributed by atoms with Crippen molar-refractivity contribution in [2.75, 3.05) is 0 Å². The minimum Gasteiger partial charge on any atom is -0.367 e. The molecule has 2 heterocycles. The van der Waals surface area contributed by atoms with Gasteiger partial charge in [0.15, 0.2) is 17.9 Å². The topological polar surface area (TPSA) is 54.0 Å². The summed E-state index contributed by atoms with van der Waals surface area (Å²) in [6.45, 7) is 5.71. The van der Waals surface area contributed by atoms with Gasteiger partial charge in [-0.1, -0.05) is 48.9 Å². The molecule has 0 aromatic heterocycles. The van der Waals surface area contributed by atoms with Crippen LogP contribution in [0.2, 0.25) is 5.02 Å². The third kappa shape index (κ3) is 3.50. The molecule has 0 N–H and O–H groups in total. The Hall–Kier alpha value is -1.50. The van der Waals surface area contributed by atoms with Gasteiger partial charge in [0, 0.05) is 17.0 Å². The third-order valence-electron chi connectivity index (χ3n) is 5.06. The minimum absolute atomic E-state index is 0.0246. The summed E-state index contributed by atoms with van der Waals surface area (Å²) in [5.41, 5.74) is 0.888. The third-order valence-corrected chi connectivity index (χ3v) is 5.41. The quantitative estimate of drug-likeness (QED) is 0.764. The summed E-state index contributed by atoms with van der Waals surface area (Å²) >= 11 is 6.44. The highest BCUT2D eigenvalue weighted by Crippen LogP contribution is 2.40. The van der Waals surface area contributed by atoms with E-state index in [2.05, 4.69) is 0 Å². The van der Waals surface area contributed by atoms with Gasteiger partial charge in [0.05, 0.1) is 6.61 Å². The summed E-state index contributed by atoms with van der Waals surface area (Å²) in [5.74, 6) is -0.794. The Labute approximate surface area is 163 Å². The maximum atomic E-state index is 12.4. The van der Waals surface area contributed by atoms with Crippen molar-refractivity contribution in [3.63, 3.8) is 0 Å². The lowest BCUT2D eigenvalue weighted by Crippen LogP contribution is -2.40. The van der Waals surface area contributed by atoms with Gasteiger partial charge in [-0.05, 0) is 30.7 Å². The molecule has 2 aromatic carbocycles. The second kappa shape index (κ2) is 7.15. The normalized spacial score (nSPS) is 29.2. The fraction of sp³-hybridized carbons (Fsp3) is 0.476. The largest absolute Gasteiger partial charge is 0.367 e.